The molecule has 0 amide bonds. The van der Waals surface area contributed by atoms with Gasteiger partial charge in [-0.1, -0.05) is 18.2 Å². The SMILES string of the molecule is CN(C)c1cccc(-n2ccc3nc(COc4ccccc4)cn3c2=O)[nH+]1. The molecule has 4 rings (SSSR count). The standard InChI is InChI=1S/C20H19N5O2/c1-23(2)17-9-6-10-18(22-17)24-12-11-19-21-15(13-25(19)20(24)26)14-27-16-7-4-3-5-8-16/h3-13H,14H2,1-2H3/p+1. The molecule has 0 aliphatic rings. The number of benzene rings is 1. The smallest absolute Gasteiger partial charge is 0.396 e. The Morgan fingerprint density at radius 3 is 2.67 bits per heavy atom. The van der Waals surface area contributed by atoms with E-state index in [4.69, 9.17) is 4.74 Å². The summed E-state index contributed by atoms with van der Waals surface area (Å²) in [4.78, 5) is 22.6. The highest BCUT2D eigenvalue weighted by atomic mass is 16.5. The normalized spacial score (nSPS) is 10.9. The molecule has 0 fully saturated rings. The van der Waals surface area contributed by atoms with Gasteiger partial charge < -0.3 is 4.74 Å². The number of fused-ring (bicyclic) bond motifs is 1. The van der Waals surface area contributed by atoms with E-state index < -0.39 is 0 Å². The Balaban J connectivity index is 1.66. The van der Waals surface area contributed by atoms with E-state index in [0.717, 1.165) is 11.6 Å². The summed E-state index contributed by atoms with van der Waals surface area (Å²) < 4.78 is 8.81. The van der Waals surface area contributed by atoms with Gasteiger partial charge >= 0.3 is 5.69 Å². The first-order valence-corrected chi connectivity index (χ1v) is 8.59. The van der Waals surface area contributed by atoms with Crippen LogP contribution in [-0.2, 0) is 6.61 Å². The van der Waals surface area contributed by atoms with Gasteiger partial charge in [-0.15, -0.1) is 0 Å². The number of para-hydroxylation sites is 1. The van der Waals surface area contributed by atoms with Gasteiger partial charge in [0.2, 0.25) is 11.6 Å². The fourth-order valence-corrected chi connectivity index (χ4v) is 2.81. The molecule has 7 heteroatoms. The molecular formula is C20H20N5O2+. The van der Waals surface area contributed by atoms with Crippen LogP contribution < -0.4 is 20.3 Å². The molecule has 4 aromatic rings. The summed E-state index contributed by atoms with van der Waals surface area (Å²) in [5.41, 5.74) is 1.09. The topological polar surface area (TPSA) is 65.9 Å². The highest BCUT2D eigenvalue weighted by molar-refractivity contribution is 5.40. The molecule has 3 aromatic heterocycles. The lowest BCUT2D eigenvalue weighted by Crippen LogP contribution is -2.31. The molecule has 0 radical (unpaired) electrons. The number of aromatic nitrogens is 4. The quantitative estimate of drug-likeness (QED) is 0.544. The molecular weight excluding hydrogens is 342 g/mol. The van der Waals surface area contributed by atoms with Crippen molar-refractivity contribution < 1.29 is 9.72 Å². The van der Waals surface area contributed by atoms with Crippen molar-refractivity contribution in [3.63, 3.8) is 0 Å². The van der Waals surface area contributed by atoms with E-state index in [2.05, 4.69) is 9.97 Å². The van der Waals surface area contributed by atoms with Crippen molar-refractivity contribution in [3.05, 3.63) is 83.2 Å². The summed E-state index contributed by atoms with van der Waals surface area (Å²) in [7, 11) is 3.88. The highest BCUT2D eigenvalue weighted by Gasteiger charge is 2.13. The number of imidazole rings is 1. The average molecular weight is 362 g/mol. The van der Waals surface area contributed by atoms with Crippen molar-refractivity contribution in [2.75, 3.05) is 19.0 Å². The van der Waals surface area contributed by atoms with Crippen LogP contribution in [0.2, 0.25) is 0 Å². The average Bonchev–Trinajstić information content (AvgIpc) is 3.12. The lowest BCUT2D eigenvalue weighted by Gasteiger charge is -2.07. The molecule has 136 valence electrons. The fraction of sp³-hybridized carbons (Fsp3) is 0.150. The number of nitrogens with one attached hydrogen (secondary N) is 1. The van der Waals surface area contributed by atoms with Crippen LogP contribution in [0.1, 0.15) is 5.69 Å². The summed E-state index contributed by atoms with van der Waals surface area (Å²) >= 11 is 0. The number of aromatic amines is 1. The van der Waals surface area contributed by atoms with Crippen molar-refractivity contribution in [1.29, 1.82) is 0 Å². The summed E-state index contributed by atoms with van der Waals surface area (Å²) in [5.74, 6) is 2.35. The molecule has 0 unspecified atom stereocenters. The number of hydrogen-bond acceptors (Lipinski definition) is 4. The summed E-state index contributed by atoms with van der Waals surface area (Å²) in [5, 5.41) is 0. The zero-order chi connectivity index (χ0) is 18.8. The number of H-pyrrole nitrogens is 1. The molecule has 1 aromatic carbocycles. The monoisotopic (exact) mass is 362 g/mol. The molecule has 0 bridgehead atoms. The van der Waals surface area contributed by atoms with Crippen LogP contribution in [0.3, 0.4) is 0 Å². The minimum absolute atomic E-state index is 0.196. The Kier molecular flexibility index (Phi) is 4.33. The molecule has 0 saturated carbocycles. The Morgan fingerprint density at radius 2 is 1.89 bits per heavy atom. The number of anilines is 1. The van der Waals surface area contributed by atoms with Gasteiger partial charge in [0.1, 0.15) is 18.0 Å². The first-order chi connectivity index (χ1) is 13.1. The van der Waals surface area contributed by atoms with E-state index in [1.165, 1.54) is 4.40 Å². The lowest BCUT2D eigenvalue weighted by molar-refractivity contribution is -0.359. The summed E-state index contributed by atoms with van der Waals surface area (Å²) in [6.07, 6.45) is 3.44. The first kappa shape index (κ1) is 16.8. The Hall–Kier alpha value is -3.61. The van der Waals surface area contributed by atoms with Gasteiger partial charge in [0.15, 0.2) is 0 Å². The number of ether oxygens (including phenoxy) is 1. The Morgan fingerprint density at radius 1 is 1.07 bits per heavy atom. The maximum absolute atomic E-state index is 12.9. The first-order valence-electron chi connectivity index (χ1n) is 8.59. The molecule has 1 N–H and O–H groups in total. The van der Waals surface area contributed by atoms with Gasteiger partial charge in [0.25, 0.3) is 0 Å². The number of pyridine rings is 1. The number of hydrogen-bond donors (Lipinski definition) is 0. The maximum atomic E-state index is 12.9. The molecule has 0 saturated heterocycles. The molecule has 27 heavy (non-hydrogen) atoms. The minimum atomic E-state index is -0.196. The van der Waals surface area contributed by atoms with Gasteiger partial charge in [-0.25, -0.2) is 19.2 Å². The maximum Gasteiger partial charge on any atom is 0.396 e. The van der Waals surface area contributed by atoms with E-state index in [9.17, 15) is 4.79 Å². The van der Waals surface area contributed by atoms with Gasteiger partial charge in [-0.2, -0.15) is 4.57 Å². The molecule has 0 atom stereocenters. The van der Waals surface area contributed by atoms with E-state index in [1.54, 1.807) is 17.0 Å². The largest absolute Gasteiger partial charge is 0.487 e. The van der Waals surface area contributed by atoms with Crippen molar-refractivity contribution in [1.82, 2.24) is 14.0 Å². The molecule has 7 nitrogen and oxygen atoms in total. The van der Waals surface area contributed by atoms with Gasteiger partial charge in [0, 0.05) is 24.4 Å². The van der Waals surface area contributed by atoms with Crippen LogP contribution >= 0.6 is 0 Å². The van der Waals surface area contributed by atoms with Crippen molar-refractivity contribution in [2.45, 2.75) is 6.61 Å². The number of nitrogens with zero attached hydrogens (tertiary/aromatic N) is 4. The zero-order valence-electron chi connectivity index (χ0n) is 15.2. The fourth-order valence-electron chi connectivity index (χ4n) is 2.81. The lowest BCUT2D eigenvalue weighted by atomic mass is 10.3. The van der Waals surface area contributed by atoms with Crippen LogP contribution in [0.15, 0.2) is 71.8 Å². The molecule has 0 aliphatic carbocycles. The van der Waals surface area contributed by atoms with Crippen LogP contribution in [0, 0.1) is 0 Å². The minimum Gasteiger partial charge on any atom is -0.487 e. The second kappa shape index (κ2) is 6.95. The van der Waals surface area contributed by atoms with E-state index in [0.29, 0.717) is 23.8 Å². The number of rotatable bonds is 5. The third kappa shape index (κ3) is 3.39. The molecule has 0 spiro atoms. The predicted octanol–water partition coefficient (Wildman–Crippen LogP) is 1.94. The molecule has 3 heterocycles. The Bertz CT molecular complexity index is 1130. The Labute approximate surface area is 156 Å². The van der Waals surface area contributed by atoms with E-state index in [-0.39, 0.29) is 5.69 Å². The van der Waals surface area contributed by atoms with Gasteiger partial charge in [-0.3, -0.25) is 4.90 Å². The summed E-state index contributed by atoms with van der Waals surface area (Å²) in [6.45, 7) is 0.299. The van der Waals surface area contributed by atoms with Crippen molar-refractivity contribution in [2.24, 2.45) is 0 Å². The van der Waals surface area contributed by atoms with Crippen LogP contribution in [0.5, 0.6) is 5.75 Å². The van der Waals surface area contributed by atoms with Crippen LogP contribution in [0.25, 0.3) is 11.5 Å². The zero-order valence-corrected chi connectivity index (χ0v) is 15.2. The van der Waals surface area contributed by atoms with Crippen molar-refractivity contribution in [3.8, 4) is 11.6 Å². The van der Waals surface area contributed by atoms with Crippen molar-refractivity contribution >= 4 is 11.5 Å². The summed E-state index contributed by atoms with van der Waals surface area (Å²) in [6, 6.07) is 17.1. The second-order valence-electron chi connectivity index (χ2n) is 6.35. The van der Waals surface area contributed by atoms with Crippen LogP contribution in [-0.4, -0.2) is 28.0 Å². The van der Waals surface area contributed by atoms with Crippen LogP contribution in [0.4, 0.5) is 5.82 Å². The van der Waals surface area contributed by atoms with Gasteiger partial charge in [-0.05, 0) is 18.2 Å². The highest BCUT2D eigenvalue weighted by Crippen LogP contribution is 2.12. The van der Waals surface area contributed by atoms with Gasteiger partial charge in [0.05, 0.1) is 26.0 Å². The molecule has 0 aliphatic heterocycles. The second-order valence-corrected chi connectivity index (χ2v) is 6.35. The third-order valence-electron chi connectivity index (χ3n) is 4.20. The predicted molar refractivity (Wildman–Crippen MR) is 102 cm³/mol. The third-order valence-corrected chi connectivity index (χ3v) is 4.20. The van der Waals surface area contributed by atoms with E-state index >= 15 is 0 Å². The van der Waals surface area contributed by atoms with E-state index in [1.807, 2.05) is 73.6 Å².